The highest BCUT2D eigenvalue weighted by Crippen LogP contribution is 2.20. The first-order valence-electron chi connectivity index (χ1n) is 5.56. The third-order valence-corrected chi connectivity index (χ3v) is 3.15. The van der Waals surface area contributed by atoms with Crippen molar-refractivity contribution >= 4 is 0 Å². The van der Waals surface area contributed by atoms with Crippen molar-refractivity contribution in [3.8, 4) is 0 Å². The Morgan fingerprint density at radius 2 is 2.12 bits per heavy atom. The average molecular weight is 218 g/mol. The Balaban J connectivity index is 2.08. The molecular formula is C13H18N2O. The van der Waals surface area contributed by atoms with Gasteiger partial charge in [-0.3, -0.25) is 4.90 Å². The smallest absolute Gasteiger partial charge is 0.0836 e. The van der Waals surface area contributed by atoms with Crippen molar-refractivity contribution in [3.05, 3.63) is 48.6 Å². The van der Waals surface area contributed by atoms with Gasteiger partial charge in [0.2, 0.25) is 0 Å². The molecule has 0 bridgehead atoms. The number of rotatable bonds is 3. The largest absolute Gasteiger partial charge is 0.390 e. The minimum Gasteiger partial charge on any atom is -0.390 e. The molecule has 3 nitrogen and oxygen atoms in total. The van der Waals surface area contributed by atoms with Crippen LogP contribution in [0.25, 0.3) is 0 Å². The van der Waals surface area contributed by atoms with E-state index in [1.807, 2.05) is 24.3 Å². The maximum absolute atomic E-state index is 9.73. The van der Waals surface area contributed by atoms with Gasteiger partial charge in [-0.05, 0) is 5.56 Å². The molecule has 16 heavy (non-hydrogen) atoms. The second-order valence-electron chi connectivity index (χ2n) is 4.29. The summed E-state index contributed by atoms with van der Waals surface area (Å²) in [6.45, 7) is 5.21. The van der Waals surface area contributed by atoms with E-state index in [4.69, 9.17) is 5.73 Å². The number of benzene rings is 1. The van der Waals surface area contributed by atoms with Crippen molar-refractivity contribution in [2.24, 2.45) is 5.73 Å². The Bertz CT molecular complexity index is 352. The van der Waals surface area contributed by atoms with Crippen LogP contribution in [0.15, 0.2) is 43.0 Å². The number of nitrogens with two attached hydrogens (primary N) is 1. The predicted molar refractivity (Wildman–Crippen MR) is 64.8 cm³/mol. The average Bonchev–Trinajstić information content (AvgIpc) is 2.56. The summed E-state index contributed by atoms with van der Waals surface area (Å²) < 4.78 is 0. The number of aliphatic hydroxyl groups is 1. The van der Waals surface area contributed by atoms with Crippen molar-refractivity contribution in [3.63, 3.8) is 0 Å². The van der Waals surface area contributed by atoms with E-state index < -0.39 is 6.10 Å². The number of hydrogen-bond acceptors (Lipinski definition) is 3. The van der Waals surface area contributed by atoms with Gasteiger partial charge in [0.15, 0.2) is 0 Å². The van der Waals surface area contributed by atoms with Crippen LogP contribution in [0, 0.1) is 0 Å². The Hall–Kier alpha value is -1.16. The van der Waals surface area contributed by atoms with E-state index in [-0.39, 0.29) is 12.1 Å². The van der Waals surface area contributed by atoms with Crippen LogP contribution >= 0.6 is 0 Å². The zero-order valence-electron chi connectivity index (χ0n) is 9.29. The minimum atomic E-state index is -0.452. The fourth-order valence-corrected chi connectivity index (χ4v) is 2.25. The Labute approximate surface area is 96.2 Å². The van der Waals surface area contributed by atoms with E-state index in [9.17, 15) is 5.11 Å². The number of β-amino-alcohol motifs (C(OH)–C–C–N with tert-alkyl or cyclic N) is 1. The molecule has 86 valence electrons. The molecule has 1 heterocycles. The van der Waals surface area contributed by atoms with Crippen molar-refractivity contribution in [1.82, 2.24) is 4.90 Å². The standard InChI is InChI=1S/C13H18N2O/c1-2-11-13(14)12(16)9-15(11)8-10-6-4-3-5-7-10/h2-7,11-13,16H,1,8-9,14H2. The molecule has 2 rings (SSSR count). The quantitative estimate of drug-likeness (QED) is 0.736. The molecule has 0 radical (unpaired) electrons. The highest BCUT2D eigenvalue weighted by Gasteiger charge is 2.36. The summed E-state index contributed by atoms with van der Waals surface area (Å²) in [6.07, 6.45) is 1.37. The van der Waals surface area contributed by atoms with Crippen LogP contribution < -0.4 is 5.73 Å². The molecule has 1 aromatic rings. The lowest BCUT2D eigenvalue weighted by Gasteiger charge is -2.23. The molecule has 3 atom stereocenters. The van der Waals surface area contributed by atoms with Crippen molar-refractivity contribution < 1.29 is 5.11 Å². The zero-order chi connectivity index (χ0) is 11.5. The van der Waals surface area contributed by atoms with Crippen LogP contribution in [0.1, 0.15) is 5.56 Å². The fraction of sp³-hybridized carbons (Fsp3) is 0.385. The number of aliphatic hydroxyl groups excluding tert-OH is 1. The summed E-state index contributed by atoms with van der Waals surface area (Å²) in [6, 6.07) is 10.0. The summed E-state index contributed by atoms with van der Waals surface area (Å²) in [4.78, 5) is 2.16. The first-order valence-corrected chi connectivity index (χ1v) is 5.56. The molecule has 0 spiro atoms. The lowest BCUT2D eigenvalue weighted by Crippen LogP contribution is -2.40. The van der Waals surface area contributed by atoms with Gasteiger partial charge in [0, 0.05) is 19.1 Å². The molecule has 0 amide bonds. The van der Waals surface area contributed by atoms with Gasteiger partial charge in [-0.15, -0.1) is 6.58 Å². The first kappa shape index (κ1) is 11.3. The van der Waals surface area contributed by atoms with E-state index in [0.29, 0.717) is 6.54 Å². The van der Waals surface area contributed by atoms with Gasteiger partial charge in [0.1, 0.15) is 0 Å². The lowest BCUT2D eigenvalue weighted by molar-refractivity contribution is 0.164. The molecule has 3 heteroatoms. The summed E-state index contributed by atoms with van der Waals surface area (Å²) in [7, 11) is 0. The summed E-state index contributed by atoms with van der Waals surface area (Å²) in [5.74, 6) is 0. The number of hydrogen-bond donors (Lipinski definition) is 2. The molecule has 0 aromatic heterocycles. The van der Waals surface area contributed by atoms with Gasteiger partial charge >= 0.3 is 0 Å². The van der Waals surface area contributed by atoms with Crippen LogP contribution in [0.5, 0.6) is 0 Å². The summed E-state index contributed by atoms with van der Waals surface area (Å²) >= 11 is 0. The van der Waals surface area contributed by atoms with Crippen LogP contribution in [0.2, 0.25) is 0 Å². The lowest BCUT2D eigenvalue weighted by atomic mass is 10.1. The van der Waals surface area contributed by atoms with Crippen molar-refractivity contribution in [1.29, 1.82) is 0 Å². The third kappa shape index (κ3) is 2.16. The van der Waals surface area contributed by atoms with E-state index in [1.54, 1.807) is 0 Å². The SMILES string of the molecule is C=CC1C(N)C(O)CN1Cc1ccccc1. The van der Waals surface area contributed by atoms with Gasteiger partial charge in [-0.2, -0.15) is 0 Å². The third-order valence-electron chi connectivity index (χ3n) is 3.15. The highest BCUT2D eigenvalue weighted by molar-refractivity contribution is 5.16. The molecule has 1 saturated heterocycles. The van der Waals surface area contributed by atoms with E-state index >= 15 is 0 Å². The molecule has 1 aliphatic heterocycles. The van der Waals surface area contributed by atoms with Gasteiger partial charge in [-0.1, -0.05) is 36.4 Å². The monoisotopic (exact) mass is 218 g/mol. The molecule has 1 fully saturated rings. The van der Waals surface area contributed by atoms with Gasteiger partial charge in [-0.25, -0.2) is 0 Å². The summed E-state index contributed by atoms with van der Waals surface area (Å²) in [5, 5.41) is 9.73. The number of nitrogens with zero attached hydrogens (tertiary/aromatic N) is 1. The van der Waals surface area contributed by atoms with Crippen molar-refractivity contribution in [2.75, 3.05) is 6.54 Å². The zero-order valence-corrected chi connectivity index (χ0v) is 9.29. The van der Waals surface area contributed by atoms with Crippen molar-refractivity contribution in [2.45, 2.75) is 24.7 Å². The maximum Gasteiger partial charge on any atom is 0.0836 e. The second kappa shape index (κ2) is 4.78. The normalized spacial score (nSPS) is 30.5. The molecular weight excluding hydrogens is 200 g/mol. The molecule has 3 unspecified atom stereocenters. The van der Waals surface area contributed by atoms with E-state index in [1.165, 1.54) is 5.56 Å². The van der Waals surface area contributed by atoms with Crippen LogP contribution in [0.4, 0.5) is 0 Å². The minimum absolute atomic E-state index is 0.0650. The maximum atomic E-state index is 9.73. The molecule has 3 N–H and O–H groups in total. The summed E-state index contributed by atoms with van der Waals surface area (Å²) in [5.41, 5.74) is 7.15. The van der Waals surface area contributed by atoms with Crippen LogP contribution in [-0.2, 0) is 6.54 Å². The number of likely N-dealkylation sites (tertiary alicyclic amines) is 1. The Kier molecular flexibility index (Phi) is 3.39. The topological polar surface area (TPSA) is 49.5 Å². The van der Waals surface area contributed by atoms with E-state index in [2.05, 4.69) is 23.6 Å². The highest BCUT2D eigenvalue weighted by atomic mass is 16.3. The predicted octanol–water partition coefficient (Wildman–Crippen LogP) is 0.745. The Morgan fingerprint density at radius 1 is 1.44 bits per heavy atom. The fourth-order valence-electron chi connectivity index (χ4n) is 2.25. The van der Waals surface area contributed by atoms with Crippen LogP contribution in [-0.4, -0.2) is 34.7 Å². The van der Waals surface area contributed by atoms with Gasteiger partial charge in [0.05, 0.1) is 12.1 Å². The molecule has 1 aliphatic rings. The first-order chi connectivity index (χ1) is 7.72. The Morgan fingerprint density at radius 3 is 2.75 bits per heavy atom. The van der Waals surface area contributed by atoms with E-state index in [0.717, 1.165) is 6.54 Å². The molecule has 0 aliphatic carbocycles. The second-order valence-corrected chi connectivity index (χ2v) is 4.29. The molecule has 1 aromatic carbocycles. The molecule has 0 saturated carbocycles. The van der Waals surface area contributed by atoms with Gasteiger partial charge < -0.3 is 10.8 Å². The van der Waals surface area contributed by atoms with Crippen LogP contribution in [0.3, 0.4) is 0 Å². The van der Waals surface area contributed by atoms with Gasteiger partial charge in [0.25, 0.3) is 0 Å².